The van der Waals surface area contributed by atoms with Gasteiger partial charge in [-0.25, -0.2) is 22.8 Å². The maximum atomic E-state index is 13.1. The van der Waals surface area contributed by atoms with Crippen molar-refractivity contribution >= 4 is 10.0 Å². The van der Waals surface area contributed by atoms with Crippen molar-refractivity contribution in [2.75, 3.05) is 13.1 Å². The van der Waals surface area contributed by atoms with Gasteiger partial charge in [-0.3, -0.25) is 0 Å². The second-order valence-electron chi connectivity index (χ2n) is 6.93. The molecule has 0 saturated carbocycles. The third kappa shape index (κ3) is 2.64. The molecule has 0 radical (unpaired) electrons. The molecular formula is C20H16FN3O3S. The van der Waals surface area contributed by atoms with E-state index in [4.69, 9.17) is 4.74 Å². The Hall–Kier alpha value is -2.68. The molecule has 0 N–H and O–H groups in total. The lowest BCUT2D eigenvalue weighted by Crippen LogP contribution is -2.61. The van der Waals surface area contributed by atoms with Crippen molar-refractivity contribution in [3.8, 4) is 11.4 Å². The molecule has 2 aliphatic rings. The lowest BCUT2D eigenvalue weighted by atomic mass is 9.90. The van der Waals surface area contributed by atoms with Crippen molar-refractivity contribution in [2.24, 2.45) is 0 Å². The number of nitrogens with zero attached hydrogens (tertiary/aromatic N) is 3. The number of hydrogen-bond acceptors (Lipinski definition) is 5. The molecule has 8 heteroatoms. The molecule has 1 spiro atoms. The van der Waals surface area contributed by atoms with Crippen molar-refractivity contribution in [1.82, 2.24) is 14.3 Å². The van der Waals surface area contributed by atoms with E-state index in [2.05, 4.69) is 9.97 Å². The van der Waals surface area contributed by atoms with Crippen molar-refractivity contribution in [2.45, 2.75) is 17.1 Å². The van der Waals surface area contributed by atoms with Crippen LogP contribution in [0.3, 0.4) is 0 Å². The van der Waals surface area contributed by atoms with Crippen LogP contribution in [0.5, 0.6) is 0 Å². The Kier molecular flexibility index (Phi) is 3.84. The summed E-state index contributed by atoms with van der Waals surface area (Å²) in [4.78, 5) is 9.13. The Balaban J connectivity index is 1.40. The summed E-state index contributed by atoms with van der Waals surface area (Å²) < 4.78 is 45.8. The van der Waals surface area contributed by atoms with Gasteiger partial charge in [-0.05, 0) is 24.3 Å². The van der Waals surface area contributed by atoms with Crippen LogP contribution in [0.15, 0.2) is 65.7 Å². The monoisotopic (exact) mass is 397 g/mol. The number of benzene rings is 2. The summed E-state index contributed by atoms with van der Waals surface area (Å²) in [5.74, 6) is 0.147. The maximum absolute atomic E-state index is 13.1. The Morgan fingerprint density at radius 1 is 1.04 bits per heavy atom. The van der Waals surface area contributed by atoms with Gasteiger partial charge in [0.25, 0.3) is 0 Å². The minimum atomic E-state index is -3.69. The first-order valence-electron chi connectivity index (χ1n) is 8.79. The van der Waals surface area contributed by atoms with Crippen LogP contribution in [-0.2, 0) is 27.0 Å². The van der Waals surface area contributed by atoms with Crippen LogP contribution in [0.4, 0.5) is 4.39 Å². The van der Waals surface area contributed by atoms with E-state index >= 15 is 0 Å². The molecule has 142 valence electrons. The Bertz CT molecular complexity index is 1150. The highest BCUT2D eigenvalue weighted by Gasteiger charge is 2.54. The molecule has 28 heavy (non-hydrogen) atoms. The van der Waals surface area contributed by atoms with Crippen LogP contribution < -0.4 is 0 Å². The fourth-order valence-electron chi connectivity index (χ4n) is 3.63. The zero-order valence-corrected chi connectivity index (χ0v) is 15.6. The van der Waals surface area contributed by atoms with Crippen molar-refractivity contribution in [3.63, 3.8) is 0 Å². The number of sulfonamides is 1. The molecule has 5 rings (SSSR count). The van der Waals surface area contributed by atoms with E-state index < -0.39 is 21.4 Å². The summed E-state index contributed by atoms with van der Waals surface area (Å²) >= 11 is 0. The Morgan fingerprint density at radius 3 is 2.46 bits per heavy atom. The largest absolute Gasteiger partial charge is 0.361 e. The van der Waals surface area contributed by atoms with E-state index in [1.54, 1.807) is 6.20 Å². The van der Waals surface area contributed by atoms with Gasteiger partial charge in [-0.1, -0.05) is 30.3 Å². The van der Waals surface area contributed by atoms with Gasteiger partial charge in [0.15, 0.2) is 5.82 Å². The maximum Gasteiger partial charge on any atom is 0.243 e. The molecule has 3 aromatic rings. The predicted octanol–water partition coefficient (Wildman–Crippen LogP) is 2.71. The van der Waals surface area contributed by atoms with E-state index in [0.29, 0.717) is 12.4 Å². The first-order chi connectivity index (χ1) is 13.5. The van der Waals surface area contributed by atoms with Crippen molar-refractivity contribution in [1.29, 1.82) is 0 Å². The molecule has 1 saturated heterocycles. The summed E-state index contributed by atoms with van der Waals surface area (Å²) in [5.41, 5.74) is 1.82. The highest BCUT2D eigenvalue weighted by Crippen LogP contribution is 2.44. The molecule has 3 heterocycles. The standard InChI is InChI=1S/C20H16FN3O3S/c21-15-6-8-16(9-7-15)28(25,26)24-12-20(13-24)17-10-22-19(23-18(17)11-27-20)14-4-2-1-3-5-14/h1-10H,11-13H2. The minimum absolute atomic E-state index is 0.0673. The third-order valence-corrected chi connectivity index (χ3v) is 7.00. The zero-order chi connectivity index (χ0) is 19.4. The highest BCUT2D eigenvalue weighted by atomic mass is 32.2. The normalized spacial score (nSPS) is 18.0. The third-order valence-electron chi connectivity index (χ3n) is 5.19. The lowest BCUT2D eigenvalue weighted by molar-refractivity contribution is -0.112. The van der Waals surface area contributed by atoms with Gasteiger partial charge in [0.2, 0.25) is 10.0 Å². The molecule has 6 nitrogen and oxygen atoms in total. The molecule has 0 atom stereocenters. The fraction of sp³-hybridized carbons (Fsp3) is 0.200. The second-order valence-corrected chi connectivity index (χ2v) is 8.87. The van der Waals surface area contributed by atoms with Crippen LogP contribution in [0.1, 0.15) is 11.3 Å². The minimum Gasteiger partial charge on any atom is -0.361 e. The van der Waals surface area contributed by atoms with E-state index in [9.17, 15) is 12.8 Å². The molecule has 0 bridgehead atoms. The number of aromatic nitrogens is 2. The highest BCUT2D eigenvalue weighted by molar-refractivity contribution is 7.89. The predicted molar refractivity (Wildman–Crippen MR) is 99.1 cm³/mol. The molecule has 0 unspecified atom stereocenters. The van der Waals surface area contributed by atoms with Gasteiger partial charge >= 0.3 is 0 Å². The number of fused-ring (bicyclic) bond motifs is 2. The van der Waals surface area contributed by atoms with Crippen LogP contribution in [-0.4, -0.2) is 35.8 Å². The molecule has 0 aliphatic carbocycles. The number of hydrogen-bond donors (Lipinski definition) is 0. The van der Waals surface area contributed by atoms with E-state index in [1.165, 1.54) is 16.4 Å². The summed E-state index contributed by atoms with van der Waals surface area (Å²) in [5, 5.41) is 0. The lowest BCUT2D eigenvalue weighted by Gasteiger charge is -2.46. The summed E-state index contributed by atoms with van der Waals surface area (Å²) in [6, 6.07) is 14.5. The molecule has 1 fully saturated rings. The SMILES string of the molecule is O=S(=O)(c1ccc(F)cc1)N1CC2(C1)OCc1nc(-c3ccccc3)ncc12. The topological polar surface area (TPSA) is 72.4 Å². The first kappa shape index (κ1) is 17.4. The summed E-state index contributed by atoms with van der Waals surface area (Å²) in [6.45, 7) is 0.698. The summed E-state index contributed by atoms with van der Waals surface area (Å²) in [6.07, 6.45) is 1.74. The first-order valence-corrected chi connectivity index (χ1v) is 10.2. The van der Waals surface area contributed by atoms with Gasteiger partial charge in [-0.2, -0.15) is 4.31 Å². The second kappa shape index (κ2) is 6.16. The number of halogens is 1. The number of ether oxygens (including phenoxy) is 1. The van der Waals surface area contributed by atoms with Gasteiger partial charge in [0.05, 0.1) is 17.2 Å². The van der Waals surface area contributed by atoms with Gasteiger partial charge in [-0.15, -0.1) is 0 Å². The smallest absolute Gasteiger partial charge is 0.243 e. The van der Waals surface area contributed by atoms with Crippen molar-refractivity contribution < 1.29 is 17.5 Å². The number of rotatable bonds is 3. The zero-order valence-electron chi connectivity index (χ0n) is 14.7. The van der Waals surface area contributed by atoms with Crippen LogP contribution in [0, 0.1) is 5.82 Å². The summed E-state index contributed by atoms with van der Waals surface area (Å²) in [7, 11) is -3.69. The molecule has 2 aliphatic heterocycles. The Morgan fingerprint density at radius 2 is 1.75 bits per heavy atom. The van der Waals surface area contributed by atoms with E-state index in [0.717, 1.165) is 29.0 Å². The van der Waals surface area contributed by atoms with Crippen LogP contribution in [0.2, 0.25) is 0 Å². The van der Waals surface area contributed by atoms with Gasteiger partial charge in [0.1, 0.15) is 11.4 Å². The fourth-order valence-corrected chi connectivity index (χ4v) is 5.16. The van der Waals surface area contributed by atoms with E-state index in [1.807, 2.05) is 30.3 Å². The average Bonchev–Trinajstić information content (AvgIpc) is 3.07. The molecular weight excluding hydrogens is 381 g/mol. The van der Waals surface area contributed by atoms with Crippen LogP contribution in [0.25, 0.3) is 11.4 Å². The molecule has 2 aromatic carbocycles. The quantitative estimate of drug-likeness (QED) is 0.680. The molecule has 0 amide bonds. The van der Waals surface area contributed by atoms with E-state index in [-0.39, 0.29) is 18.0 Å². The van der Waals surface area contributed by atoms with Gasteiger partial charge in [0, 0.05) is 30.4 Å². The van der Waals surface area contributed by atoms with Crippen molar-refractivity contribution in [3.05, 3.63) is 77.9 Å². The van der Waals surface area contributed by atoms with Gasteiger partial charge < -0.3 is 4.74 Å². The average molecular weight is 397 g/mol. The van der Waals surface area contributed by atoms with Crippen LogP contribution >= 0.6 is 0 Å². The Labute approximate surface area is 161 Å². The molecule has 1 aromatic heterocycles.